The minimum Gasteiger partial charge on any atom is -0.356 e. The monoisotopic (exact) mass is 249 g/mol. The van der Waals surface area contributed by atoms with Gasteiger partial charge in [0.25, 0.3) is 0 Å². The molecule has 1 amide bonds. The first kappa shape index (κ1) is 14.6. The number of hydrogen-bond donors (Lipinski definition) is 2. The van der Waals surface area contributed by atoms with Crippen LogP contribution in [0, 0.1) is 12.8 Å². The van der Waals surface area contributed by atoms with Crippen molar-refractivity contribution in [1.29, 1.82) is 0 Å². The van der Waals surface area contributed by atoms with Gasteiger partial charge < -0.3 is 10.6 Å². The Bertz CT molecular complexity index is 377. The van der Waals surface area contributed by atoms with Crippen LogP contribution in [0.4, 0.5) is 0 Å². The molecule has 0 radical (unpaired) electrons. The lowest BCUT2D eigenvalue weighted by Crippen LogP contribution is -2.30. The molecule has 1 heterocycles. The van der Waals surface area contributed by atoms with Crippen LogP contribution < -0.4 is 10.6 Å². The number of nitrogens with one attached hydrogen (secondary N) is 2. The van der Waals surface area contributed by atoms with Crippen LogP contribution in [0.25, 0.3) is 0 Å². The van der Waals surface area contributed by atoms with Crippen LogP contribution in [0.1, 0.15) is 31.4 Å². The summed E-state index contributed by atoms with van der Waals surface area (Å²) >= 11 is 0. The molecule has 1 aromatic heterocycles. The Morgan fingerprint density at radius 2 is 2.22 bits per heavy atom. The minimum absolute atomic E-state index is 0.110. The number of aryl methyl sites for hydroxylation is 1. The third-order valence-corrected chi connectivity index (χ3v) is 2.70. The summed E-state index contributed by atoms with van der Waals surface area (Å²) in [4.78, 5) is 15.6. The predicted molar refractivity (Wildman–Crippen MR) is 73.1 cm³/mol. The van der Waals surface area contributed by atoms with Crippen molar-refractivity contribution < 1.29 is 4.79 Å². The standard InChI is InChI=1S/C14H23N3O/c1-11(2)8-17-14(18)5-7-16-10-13-9-15-6-4-12(13)3/h4,6,9,11,16H,5,7-8,10H2,1-3H3,(H,17,18). The molecule has 0 aliphatic rings. The summed E-state index contributed by atoms with van der Waals surface area (Å²) in [6.45, 7) is 8.44. The molecule has 0 bridgehead atoms. The van der Waals surface area contributed by atoms with Crippen molar-refractivity contribution in [2.24, 2.45) is 5.92 Å². The Balaban J connectivity index is 2.15. The van der Waals surface area contributed by atoms with E-state index in [1.807, 2.05) is 12.3 Å². The molecule has 18 heavy (non-hydrogen) atoms. The van der Waals surface area contributed by atoms with Crippen LogP contribution in [-0.4, -0.2) is 24.0 Å². The van der Waals surface area contributed by atoms with Gasteiger partial charge in [-0.3, -0.25) is 9.78 Å². The van der Waals surface area contributed by atoms with E-state index in [-0.39, 0.29) is 5.91 Å². The van der Waals surface area contributed by atoms with Gasteiger partial charge in [-0.25, -0.2) is 0 Å². The Hall–Kier alpha value is -1.42. The molecular formula is C14H23N3O. The summed E-state index contributed by atoms with van der Waals surface area (Å²) < 4.78 is 0. The van der Waals surface area contributed by atoms with Crippen LogP contribution in [0.2, 0.25) is 0 Å². The lowest BCUT2D eigenvalue weighted by molar-refractivity contribution is -0.121. The van der Waals surface area contributed by atoms with Crippen molar-refractivity contribution in [3.05, 3.63) is 29.6 Å². The van der Waals surface area contributed by atoms with Gasteiger partial charge in [-0.05, 0) is 30.0 Å². The van der Waals surface area contributed by atoms with Gasteiger partial charge in [0.1, 0.15) is 0 Å². The largest absolute Gasteiger partial charge is 0.356 e. The summed E-state index contributed by atoms with van der Waals surface area (Å²) in [7, 11) is 0. The number of nitrogens with zero attached hydrogens (tertiary/aromatic N) is 1. The second-order valence-corrected chi connectivity index (χ2v) is 4.93. The van der Waals surface area contributed by atoms with Crippen molar-refractivity contribution in [1.82, 2.24) is 15.6 Å². The first-order chi connectivity index (χ1) is 8.59. The normalized spacial score (nSPS) is 10.7. The summed E-state index contributed by atoms with van der Waals surface area (Å²) in [6.07, 6.45) is 4.17. The van der Waals surface area contributed by atoms with Gasteiger partial charge in [0, 0.05) is 38.4 Å². The van der Waals surface area contributed by atoms with Crippen molar-refractivity contribution in [3.63, 3.8) is 0 Å². The number of carbonyl (C=O) groups excluding carboxylic acids is 1. The molecule has 0 atom stereocenters. The van der Waals surface area contributed by atoms with E-state index in [0.29, 0.717) is 18.9 Å². The zero-order chi connectivity index (χ0) is 13.4. The zero-order valence-electron chi connectivity index (χ0n) is 11.5. The van der Waals surface area contributed by atoms with Crippen molar-refractivity contribution in [3.8, 4) is 0 Å². The Kier molecular flexibility index (Phi) is 6.36. The van der Waals surface area contributed by atoms with E-state index in [2.05, 4.69) is 36.4 Å². The van der Waals surface area contributed by atoms with E-state index in [1.165, 1.54) is 11.1 Å². The highest BCUT2D eigenvalue weighted by atomic mass is 16.1. The zero-order valence-corrected chi connectivity index (χ0v) is 11.5. The summed E-state index contributed by atoms with van der Waals surface area (Å²) in [5, 5.41) is 6.16. The number of carbonyl (C=O) groups is 1. The molecule has 2 N–H and O–H groups in total. The molecule has 0 aliphatic heterocycles. The third kappa shape index (κ3) is 5.77. The van der Waals surface area contributed by atoms with E-state index in [1.54, 1.807) is 6.20 Å². The van der Waals surface area contributed by atoms with Gasteiger partial charge in [0.05, 0.1) is 0 Å². The highest BCUT2D eigenvalue weighted by molar-refractivity contribution is 5.76. The second kappa shape index (κ2) is 7.82. The van der Waals surface area contributed by atoms with Gasteiger partial charge in [-0.2, -0.15) is 0 Å². The molecule has 1 aromatic rings. The average molecular weight is 249 g/mol. The third-order valence-electron chi connectivity index (χ3n) is 2.70. The van der Waals surface area contributed by atoms with Crippen LogP contribution in [0.3, 0.4) is 0 Å². The van der Waals surface area contributed by atoms with E-state index in [9.17, 15) is 4.79 Å². The number of hydrogen-bond acceptors (Lipinski definition) is 3. The molecule has 0 unspecified atom stereocenters. The molecule has 1 rings (SSSR count). The van der Waals surface area contributed by atoms with Crippen molar-refractivity contribution in [2.75, 3.05) is 13.1 Å². The molecule has 0 aliphatic carbocycles. The molecule has 4 nitrogen and oxygen atoms in total. The summed E-state index contributed by atoms with van der Waals surface area (Å²) in [5.74, 6) is 0.610. The first-order valence-corrected chi connectivity index (χ1v) is 6.46. The number of amides is 1. The molecule has 0 aromatic carbocycles. The summed E-state index contributed by atoms with van der Waals surface area (Å²) in [5.41, 5.74) is 2.40. The number of aromatic nitrogens is 1. The van der Waals surface area contributed by atoms with Crippen molar-refractivity contribution in [2.45, 2.75) is 33.7 Å². The number of rotatable bonds is 7. The van der Waals surface area contributed by atoms with Gasteiger partial charge in [-0.1, -0.05) is 13.8 Å². The molecule has 0 saturated heterocycles. The number of pyridine rings is 1. The highest BCUT2D eigenvalue weighted by Crippen LogP contribution is 2.03. The van der Waals surface area contributed by atoms with Gasteiger partial charge in [0.2, 0.25) is 5.91 Å². The maximum atomic E-state index is 11.5. The van der Waals surface area contributed by atoms with Gasteiger partial charge in [-0.15, -0.1) is 0 Å². The smallest absolute Gasteiger partial charge is 0.221 e. The average Bonchev–Trinajstić information content (AvgIpc) is 2.34. The van der Waals surface area contributed by atoms with E-state index in [0.717, 1.165) is 13.1 Å². The molecular weight excluding hydrogens is 226 g/mol. The molecule has 4 heteroatoms. The SMILES string of the molecule is Cc1ccncc1CNCCC(=O)NCC(C)C. The van der Waals surface area contributed by atoms with Crippen LogP contribution >= 0.6 is 0 Å². The molecule has 0 spiro atoms. The van der Waals surface area contributed by atoms with Gasteiger partial charge >= 0.3 is 0 Å². The van der Waals surface area contributed by atoms with Crippen LogP contribution in [0.15, 0.2) is 18.5 Å². The lowest BCUT2D eigenvalue weighted by Gasteiger charge is -2.09. The fourth-order valence-electron chi connectivity index (χ4n) is 1.51. The first-order valence-electron chi connectivity index (χ1n) is 6.46. The van der Waals surface area contributed by atoms with Crippen LogP contribution in [0.5, 0.6) is 0 Å². The minimum atomic E-state index is 0.110. The Morgan fingerprint density at radius 1 is 1.44 bits per heavy atom. The Labute approximate surface area is 109 Å². The summed E-state index contributed by atoms with van der Waals surface area (Å²) in [6, 6.07) is 1.99. The maximum absolute atomic E-state index is 11.5. The highest BCUT2D eigenvalue weighted by Gasteiger charge is 2.02. The van der Waals surface area contributed by atoms with E-state index < -0.39 is 0 Å². The fraction of sp³-hybridized carbons (Fsp3) is 0.571. The van der Waals surface area contributed by atoms with Crippen LogP contribution in [-0.2, 0) is 11.3 Å². The van der Waals surface area contributed by atoms with Crippen molar-refractivity contribution >= 4 is 5.91 Å². The molecule has 0 fully saturated rings. The molecule has 0 saturated carbocycles. The fourth-order valence-corrected chi connectivity index (χ4v) is 1.51. The van der Waals surface area contributed by atoms with E-state index >= 15 is 0 Å². The van der Waals surface area contributed by atoms with Gasteiger partial charge in [0.15, 0.2) is 0 Å². The Morgan fingerprint density at radius 3 is 2.89 bits per heavy atom. The lowest BCUT2D eigenvalue weighted by atomic mass is 10.1. The predicted octanol–water partition coefficient (Wildman–Crippen LogP) is 1.64. The topological polar surface area (TPSA) is 54.0 Å². The maximum Gasteiger partial charge on any atom is 0.221 e. The second-order valence-electron chi connectivity index (χ2n) is 4.93. The quantitative estimate of drug-likeness (QED) is 0.722. The molecule has 100 valence electrons. The van der Waals surface area contributed by atoms with E-state index in [4.69, 9.17) is 0 Å².